The van der Waals surface area contributed by atoms with Gasteiger partial charge < -0.3 is 5.32 Å². The van der Waals surface area contributed by atoms with E-state index in [0.717, 1.165) is 48.9 Å². The Morgan fingerprint density at radius 3 is 2.71 bits per heavy atom. The van der Waals surface area contributed by atoms with Gasteiger partial charge in [0, 0.05) is 12.8 Å². The average molecular weight is 382 g/mol. The topological polar surface area (TPSA) is 29.1 Å². The third kappa shape index (κ3) is 2.73. The number of hydrogen-bond donors (Lipinski definition) is 1. The third-order valence-electron chi connectivity index (χ3n) is 10.1. The first-order valence-corrected chi connectivity index (χ1v) is 12.1. The van der Waals surface area contributed by atoms with Crippen LogP contribution in [0.1, 0.15) is 78.6 Å². The van der Waals surface area contributed by atoms with Crippen molar-refractivity contribution in [3.8, 4) is 0 Å². The lowest BCUT2D eigenvalue weighted by atomic mass is 9.47. The van der Waals surface area contributed by atoms with Gasteiger partial charge in [-0.15, -0.1) is 0 Å². The molecule has 2 unspecified atom stereocenters. The van der Waals surface area contributed by atoms with Crippen LogP contribution in [-0.2, 0) is 4.79 Å². The van der Waals surface area contributed by atoms with Gasteiger partial charge in [0.15, 0.2) is 0 Å². The van der Waals surface area contributed by atoms with E-state index < -0.39 is 0 Å². The van der Waals surface area contributed by atoms with Crippen molar-refractivity contribution in [2.45, 2.75) is 78.6 Å². The molecule has 3 fully saturated rings. The molecular weight excluding hydrogens is 342 g/mol. The molecule has 5 rings (SSSR count). The third-order valence-corrected chi connectivity index (χ3v) is 10.1. The highest BCUT2D eigenvalue weighted by molar-refractivity contribution is 5.82. The standard InChI is InChI=1S/C26H39NO/c1-17(18-5-4-14-27-16-18)22-8-9-23-21-7-6-19-15-20(28)10-12-25(19,2)24(21)11-13-26(22,23)3/h6,8,17-18,21,23-24,27H,4-5,7,9-16H2,1-3H3/t17?,18?,21-,23-,24-,25-,26+/m0/s1. The molecule has 1 N–H and O–H groups in total. The van der Waals surface area contributed by atoms with Crippen LogP contribution in [-0.4, -0.2) is 18.9 Å². The molecule has 0 radical (unpaired) electrons. The van der Waals surface area contributed by atoms with Crippen LogP contribution in [0.2, 0.25) is 0 Å². The van der Waals surface area contributed by atoms with Gasteiger partial charge in [0.25, 0.3) is 0 Å². The first-order valence-electron chi connectivity index (χ1n) is 12.1. The van der Waals surface area contributed by atoms with E-state index in [1.165, 1.54) is 57.2 Å². The lowest BCUT2D eigenvalue weighted by Crippen LogP contribution is -2.50. The lowest BCUT2D eigenvalue weighted by molar-refractivity contribution is -0.122. The Bertz CT molecular complexity index is 714. The largest absolute Gasteiger partial charge is 0.316 e. The molecule has 7 atom stereocenters. The molecule has 0 aromatic rings. The number of nitrogens with one attached hydrogen (secondary N) is 1. The zero-order valence-electron chi connectivity index (χ0n) is 18.2. The smallest absolute Gasteiger partial charge is 0.136 e. The van der Waals surface area contributed by atoms with Crippen LogP contribution in [0.25, 0.3) is 0 Å². The van der Waals surface area contributed by atoms with Crippen molar-refractivity contribution in [3.05, 3.63) is 23.3 Å². The Balaban J connectivity index is 1.39. The van der Waals surface area contributed by atoms with E-state index in [1.54, 1.807) is 0 Å². The minimum absolute atomic E-state index is 0.305. The van der Waals surface area contributed by atoms with Crippen molar-refractivity contribution in [1.82, 2.24) is 5.32 Å². The number of ketones is 1. The monoisotopic (exact) mass is 381 g/mol. The van der Waals surface area contributed by atoms with E-state index in [4.69, 9.17) is 0 Å². The zero-order chi connectivity index (χ0) is 19.5. The van der Waals surface area contributed by atoms with Gasteiger partial charge in [-0.05, 0) is 98.5 Å². The Morgan fingerprint density at radius 2 is 1.93 bits per heavy atom. The van der Waals surface area contributed by atoms with Crippen LogP contribution in [0.3, 0.4) is 0 Å². The molecule has 5 aliphatic rings. The molecule has 0 amide bonds. The molecule has 4 aliphatic carbocycles. The van der Waals surface area contributed by atoms with E-state index in [1.807, 2.05) is 5.57 Å². The summed E-state index contributed by atoms with van der Waals surface area (Å²) in [5.74, 6) is 4.49. The number of fused-ring (bicyclic) bond motifs is 5. The SMILES string of the molecule is CC(C1=CC[C@H]2[C@@H]3CC=C4CC(=O)CC[C@]4(C)[C@H]3CC[C@]12C)C1CCCNC1. The summed E-state index contributed by atoms with van der Waals surface area (Å²) in [5, 5.41) is 3.65. The van der Waals surface area contributed by atoms with Crippen LogP contribution in [0, 0.1) is 40.4 Å². The summed E-state index contributed by atoms with van der Waals surface area (Å²) in [4.78, 5) is 12.1. The summed E-state index contributed by atoms with van der Waals surface area (Å²) in [5.41, 5.74) is 4.04. The Hall–Kier alpha value is -0.890. The lowest BCUT2D eigenvalue weighted by Gasteiger charge is -2.57. The summed E-state index contributed by atoms with van der Waals surface area (Å²) in [6.07, 6.45) is 15.9. The fourth-order valence-electron chi connectivity index (χ4n) is 8.34. The van der Waals surface area contributed by atoms with Gasteiger partial charge in [-0.25, -0.2) is 0 Å². The number of carbonyl (C=O) groups excluding carboxylic acids is 1. The van der Waals surface area contributed by atoms with Crippen molar-refractivity contribution >= 4 is 5.78 Å². The van der Waals surface area contributed by atoms with Crippen LogP contribution < -0.4 is 5.32 Å². The van der Waals surface area contributed by atoms with Crippen molar-refractivity contribution in [2.75, 3.05) is 13.1 Å². The van der Waals surface area contributed by atoms with Gasteiger partial charge >= 0.3 is 0 Å². The van der Waals surface area contributed by atoms with E-state index >= 15 is 0 Å². The summed E-state index contributed by atoms with van der Waals surface area (Å²) in [7, 11) is 0. The minimum atomic E-state index is 0.305. The fourth-order valence-corrected chi connectivity index (χ4v) is 8.34. The summed E-state index contributed by atoms with van der Waals surface area (Å²) in [6, 6.07) is 0. The molecule has 0 aromatic heterocycles. The molecular formula is C26H39NO. The van der Waals surface area contributed by atoms with Gasteiger partial charge in [0.1, 0.15) is 5.78 Å². The first kappa shape index (κ1) is 19.1. The van der Waals surface area contributed by atoms with Crippen LogP contribution in [0.4, 0.5) is 0 Å². The highest BCUT2D eigenvalue weighted by Crippen LogP contribution is 2.65. The summed E-state index contributed by atoms with van der Waals surface area (Å²) >= 11 is 0. The normalized spacial score (nSPS) is 46.8. The Morgan fingerprint density at radius 1 is 1.07 bits per heavy atom. The van der Waals surface area contributed by atoms with Gasteiger partial charge in [-0.2, -0.15) is 0 Å². The van der Waals surface area contributed by atoms with E-state index in [9.17, 15) is 4.79 Å². The second kappa shape index (κ2) is 6.83. The maximum absolute atomic E-state index is 12.1. The second-order valence-corrected chi connectivity index (χ2v) is 11.2. The molecule has 2 nitrogen and oxygen atoms in total. The molecule has 1 heterocycles. The van der Waals surface area contributed by atoms with Crippen molar-refractivity contribution in [1.29, 1.82) is 0 Å². The Labute approximate surface area is 171 Å². The van der Waals surface area contributed by atoms with E-state index in [-0.39, 0.29) is 0 Å². The number of piperidine rings is 1. The highest BCUT2D eigenvalue weighted by atomic mass is 16.1. The summed E-state index contributed by atoms with van der Waals surface area (Å²) in [6.45, 7) is 10.1. The van der Waals surface area contributed by atoms with Gasteiger partial charge in [-0.1, -0.05) is 44.1 Å². The molecule has 0 aromatic carbocycles. The Kier molecular flexibility index (Phi) is 4.66. The number of Topliss-reactive ketones (excluding diaryl/α,β-unsaturated/α-hetero) is 1. The predicted octanol–water partition coefficient (Wildman–Crippen LogP) is 5.69. The minimum Gasteiger partial charge on any atom is -0.316 e. The van der Waals surface area contributed by atoms with Gasteiger partial charge in [0.2, 0.25) is 0 Å². The van der Waals surface area contributed by atoms with Crippen molar-refractivity contribution in [2.24, 2.45) is 40.4 Å². The zero-order valence-corrected chi connectivity index (χ0v) is 18.2. The number of carbonyl (C=O) groups is 1. The van der Waals surface area contributed by atoms with Crippen LogP contribution in [0.5, 0.6) is 0 Å². The van der Waals surface area contributed by atoms with Gasteiger partial charge in [0.05, 0.1) is 0 Å². The van der Waals surface area contributed by atoms with Gasteiger partial charge in [-0.3, -0.25) is 4.79 Å². The predicted molar refractivity (Wildman–Crippen MR) is 115 cm³/mol. The molecule has 154 valence electrons. The highest BCUT2D eigenvalue weighted by Gasteiger charge is 2.57. The number of allylic oxidation sites excluding steroid dienone is 4. The molecule has 28 heavy (non-hydrogen) atoms. The van der Waals surface area contributed by atoms with Crippen LogP contribution >= 0.6 is 0 Å². The quantitative estimate of drug-likeness (QED) is 0.623. The summed E-state index contributed by atoms with van der Waals surface area (Å²) < 4.78 is 0. The first-order chi connectivity index (χ1) is 13.4. The molecule has 0 spiro atoms. The molecule has 1 saturated heterocycles. The van der Waals surface area contributed by atoms with E-state index in [2.05, 4.69) is 38.2 Å². The average Bonchev–Trinajstić information content (AvgIpc) is 3.06. The number of hydrogen-bond acceptors (Lipinski definition) is 2. The van der Waals surface area contributed by atoms with Crippen molar-refractivity contribution < 1.29 is 4.79 Å². The van der Waals surface area contributed by atoms with Crippen LogP contribution in [0.15, 0.2) is 23.3 Å². The second-order valence-electron chi connectivity index (χ2n) is 11.2. The molecule has 1 aliphatic heterocycles. The van der Waals surface area contributed by atoms with E-state index in [0.29, 0.717) is 16.6 Å². The molecule has 2 heteroatoms. The molecule has 0 bridgehead atoms. The van der Waals surface area contributed by atoms with Crippen molar-refractivity contribution in [3.63, 3.8) is 0 Å². The molecule has 2 saturated carbocycles. The maximum Gasteiger partial charge on any atom is 0.136 e. The fraction of sp³-hybridized carbons (Fsp3) is 0.808. The maximum atomic E-state index is 12.1. The number of rotatable bonds is 2.